The zero-order valence-corrected chi connectivity index (χ0v) is 6.93. The van der Waals surface area contributed by atoms with Crippen LogP contribution in [0, 0.1) is 0 Å². The van der Waals surface area contributed by atoms with E-state index in [0.29, 0.717) is 0 Å². The monoisotopic (exact) mass is 167 g/mol. The van der Waals surface area contributed by atoms with Crippen molar-refractivity contribution in [2.45, 2.75) is 6.42 Å². The molecule has 0 amide bonds. The fourth-order valence-electron chi connectivity index (χ4n) is 1.01. The van der Waals surface area contributed by atoms with Gasteiger partial charge in [-0.05, 0) is 18.6 Å². The van der Waals surface area contributed by atoms with E-state index in [2.05, 4.69) is 4.99 Å². The molecule has 0 N–H and O–H groups in total. The Labute approximate surface area is 69.7 Å². The van der Waals surface area contributed by atoms with E-state index in [4.69, 9.17) is 4.42 Å². The molecular weight excluding hydrogens is 158 g/mol. The summed E-state index contributed by atoms with van der Waals surface area (Å²) < 4.78 is 5.22. The molecular formula is C8H9NOS. The Morgan fingerprint density at radius 2 is 2.55 bits per heavy atom. The Bertz CT molecular complexity index is 253. The van der Waals surface area contributed by atoms with Gasteiger partial charge >= 0.3 is 0 Å². The summed E-state index contributed by atoms with van der Waals surface area (Å²) in [4.78, 5) is 4.36. The highest BCUT2D eigenvalue weighted by atomic mass is 32.2. The summed E-state index contributed by atoms with van der Waals surface area (Å²) >= 11 is 1.78. The van der Waals surface area contributed by atoms with Crippen LogP contribution in [0.3, 0.4) is 0 Å². The van der Waals surface area contributed by atoms with Crippen LogP contribution in [0.15, 0.2) is 27.8 Å². The minimum Gasteiger partial charge on any atom is -0.462 e. The van der Waals surface area contributed by atoms with Crippen LogP contribution in [-0.2, 0) is 0 Å². The van der Waals surface area contributed by atoms with E-state index in [0.717, 1.165) is 17.3 Å². The molecule has 0 spiro atoms. The molecule has 2 heterocycles. The molecule has 3 heteroatoms. The van der Waals surface area contributed by atoms with Crippen molar-refractivity contribution >= 4 is 16.8 Å². The van der Waals surface area contributed by atoms with Gasteiger partial charge in [-0.1, -0.05) is 0 Å². The predicted molar refractivity (Wildman–Crippen MR) is 47.2 cm³/mol. The second-order valence-electron chi connectivity index (χ2n) is 2.37. The second kappa shape index (κ2) is 3.13. The van der Waals surface area contributed by atoms with E-state index in [1.807, 2.05) is 12.1 Å². The van der Waals surface area contributed by atoms with Crippen LogP contribution in [-0.4, -0.2) is 17.3 Å². The molecule has 2 nitrogen and oxygen atoms in total. The van der Waals surface area contributed by atoms with Crippen molar-refractivity contribution < 1.29 is 4.42 Å². The number of rotatable bonds is 1. The van der Waals surface area contributed by atoms with Crippen molar-refractivity contribution in [3.63, 3.8) is 0 Å². The summed E-state index contributed by atoms with van der Waals surface area (Å²) in [5.41, 5.74) is 0. The maximum Gasteiger partial charge on any atom is 0.158 e. The maximum atomic E-state index is 5.22. The van der Waals surface area contributed by atoms with Crippen molar-refractivity contribution in [1.29, 1.82) is 0 Å². The quantitative estimate of drug-likeness (QED) is 0.640. The van der Waals surface area contributed by atoms with E-state index in [9.17, 15) is 0 Å². The fraction of sp³-hybridized carbons (Fsp3) is 0.375. The Morgan fingerprint density at radius 1 is 1.55 bits per heavy atom. The molecule has 58 valence electrons. The number of hydrogen-bond donors (Lipinski definition) is 0. The Balaban J connectivity index is 2.22. The van der Waals surface area contributed by atoms with Crippen LogP contribution in [0.1, 0.15) is 12.2 Å². The van der Waals surface area contributed by atoms with Gasteiger partial charge in [0, 0.05) is 12.3 Å². The molecule has 1 aliphatic rings. The van der Waals surface area contributed by atoms with E-state index >= 15 is 0 Å². The normalized spacial score (nSPS) is 18.0. The molecule has 1 aromatic rings. The van der Waals surface area contributed by atoms with Crippen LogP contribution in [0.5, 0.6) is 0 Å². The molecule has 1 aromatic heterocycles. The molecule has 0 unspecified atom stereocenters. The van der Waals surface area contributed by atoms with E-state index in [-0.39, 0.29) is 0 Å². The first-order valence-electron chi connectivity index (χ1n) is 3.68. The lowest BCUT2D eigenvalue weighted by molar-refractivity contribution is 0.559. The number of nitrogens with zero attached hydrogens (tertiary/aromatic N) is 1. The summed E-state index contributed by atoms with van der Waals surface area (Å²) in [6, 6.07) is 3.85. The first-order valence-corrected chi connectivity index (χ1v) is 4.66. The van der Waals surface area contributed by atoms with Gasteiger partial charge in [0.15, 0.2) is 5.76 Å². The van der Waals surface area contributed by atoms with E-state index in [1.165, 1.54) is 12.2 Å². The van der Waals surface area contributed by atoms with Crippen LogP contribution in [0.25, 0.3) is 0 Å². The molecule has 0 aliphatic carbocycles. The topological polar surface area (TPSA) is 25.5 Å². The minimum atomic E-state index is 0.912. The summed E-state index contributed by atoms with van der Waals surface area (Å²) in [6.07, 6.45) is 2.88. The van der Waals surface area contributed by atoms with Gasteiger partial charge in [0.25, 0.3) is 0 Å². The predicted octanol–water partition coefficient (Wildman–Crippen LogP) is 2.16. The molecule has 11 heavy (non-hydrogen) atoms. The van der Waals surface area contributed by atoms with Gasteiger partial charge in [-0.25, -0.2) is 0 Å². The summed E-state index contributed by atoms with van der Waals surface area (Å²) in [6.45, 7) is 0.947. The highest BCUT2D eigenvalue weighted by Gasteiger charge is 2.09. The number of aliphatic imine (C=N–C) groups is 1. The molecule has 0 saturated heterocycles. The molecule has 2 rings (SSSR count). The molecule has 0 saturated carbocycles. The molecule has 1 aliphatic heterocycles. The lowest BCUT2D eigenvalue weighted by Crippen LogP contribution is -2.03. The molecule has 0 radical (unpaired) electrons. The zero-order valence-electron chi connectivity index (χ0n) is 6.12. The van der Waals surface area contributed by atoms with Crippen molar-refractivity contribution in [1.82, 2.24) is 0 Å². The Morgan fingerprint density at radius 3 is 3.18 bits per heavy atom. The van der Waals surface area contributed by atoms with Crippen molar-refractivity contribution in [2.24, 2.45) is 4.99 Å². The zero-order chi connectivity index (χ0) is 7.52. The van der Waals surface area contributed by atoms with E-state index < -0.39 is 0 Å². The highest BCUT2D eigenvalue weighted by molar-refractivity contribution is 8.14. The molecule has 0 atom stereocenters. The number of thioether (sulfide) groups is 1. The summed E-state index contributed by atoms with van der Waals surface area (Å²) in [7, 11) is 0. The third-order valence-corrected chi connectivity index (χ3v) is 2.63. The van der Waals surface area contributed by atoms with Gasteiger partial charge in [0.1, 0.15) is 5.04 Å². The average Bonchev–Trinajstić information content (AvgIpc) is 2.58. The third-order valence-electron chi connectivity index (χ3n) is 1.53. The van der Waals surface area contributed by atoms with Gasteiger partial charge in [-0.15, -0.1) is 11.8 Å². The second-order valence-corrected chi connectivity index (χ2v) is 3.45. The lowest BCUT2D eigenvalue weighted by atomic mass is 10.4. The highest BCUT2D eigenvalue weighted by Crippen LogP contribution is 2.18. The van der Waals surface area contributed by atoms with Crippen LogP contribution in [0.4, 0.5) is 0 Å². The van der Waals surface area contributed by atoms with Crippen molar-refractivity contribution in [2.75, 3.05) is 12.3 Å². The van der Waals surface area contributed by atoms with Crippen molar-refractivity contribution in [3.05, 3.63) is 24.2 Å². The van der Waals surface area contributed by atoms with Crippen LogP contribution >= 0.6 is 11.8 Å². The smallest absolute Gasteiger partial charge is 0.158 e. The van der Waals surface area contributed by atoms with Gasteiger partial charge in [-0.2, -0.15) is 0 Å². The molecule has 0 fully saturated rings. The average molecular weight is 167 g/mol. The fourth-order valence-corrected chi connectivity index (χ4v) is 1.92. The SMILES string of the molecule is c1coc(C2=NCCCS2)c1. The first-order chi connectivity index (χ1) is 5.47. The Hall–Kier alpha value is -0.700. The lowest BCUT2D eigenvalue weighted by Gasteiger charge is -2.07. The first kappa shape index (κ1) is 6.98. The largest absolute Gasteiger partial charge is 0.462 e. The van der Waals surface area contributed by atoms with Crippen LogP contribution in [0.2, 0.25) is 0 Å². The van der Waals surface area contributed by atoms with Crippen molar-refractivity contribution in [3.8, 4) is 0 Å². The molecule has 0 bridgehead atoms. The Kier molecular flexibility index (Phi) is 1.99. The third kappa shape index (κ3) is 1.48. The standard InChI is InChI=1S/C8H9NOS/c1-3-7(10-5-1)8-9-4-2-6-11-8/h1,3,5H,2,4,6H2. The van der Waals surface area contributed by atoms with Crippen LogP contribution < -0.4 is 0 Å². The van der Waals surface area contributed by atoms with Gasteiger partial charge < -0.3 is 4.42 Å². The van der Waals surface area contributed by atoms with Gasteiger partial charge in [-0.3, -0.25) is 4.99 Å². The number of hydrogen-bond acceptors (Lipinski definition) is 3. The van der Waals surface area contributed by atoms with Gasteiger partial charge in [0.05, 0.1) is 6.26 Å². The molecule has 0 aromatic carbocycles. The minimum absolute atomic E-state index is 0.912. The maximum absolute atomic E-state index is 5.22. The summed E-state index contributed by atoms with van der Waals surface area (Å²) in [5.74, 6) is 2.08. The number of furan rings is 1. The van der Waals surface area contributed by atoms with Gasteiger partial charge in [0.2, 0.25) is 0 Å². The van der Waals surface area contributed by atoms with E-state index in [1.54, 1.807) is 18.0 Å². The summed E-state index contributed by atoms with van der Waals surface area (Å²) in [5, 5.41) is 1.06.